The largest absolute Gasteiger partial charge is 0.438 e. The fourth-order valence-electron chi connectivity index (χ4n) is 3.42. The molecular weight excluding hydrogens is 372 g/mol. The van der Waals surface area contributed by atoms with E-state index in [0.29, 0.717) is 16.7 Å². The van der Waals surface area contributed by atoms with Gasteiger partial charge in [-0.1, -0.05) is 48.0 Å². The molecule has 0 atom stereocenters. The predicted octanol–water partition coefficient (Wildman–Crippen LogP) is 6.15. The zero-order valence-electron chi connectivity index (χ0n) is 17.6. The maximum Gasteiger partial charge on any atom is 0.261 e. The zero-order chi connectivity index (χ0) is 21.3. The van der Waals surface area contributed by atoms with Crippen LogP contribution >= 0.6 is 0 Å². The van der Waals surface area contributed by atoms with Gasteiger partial charge in [0.05, 0.1) is 5.69 Å². The van der Waals surface area contributed by atoms with Gasteiger partial charge in [-0.2, -0.15) is 0 Å². The van der Waals surface area contributed by atoms with Crippen molar-refractivity contribution in [3.05, 3.63) is 100 Å². The maximum absolute atomic E-state index is 13.2. The zero-order valence-corrected chi connectivity index (χ0v) is 17.6. The van der Waals surface area contributed by atoms with E-state index in [4.69, 9.17) is 9.41 Å². The molecule has 1 heterocycles. The Morgan fingerprint density at radius 1 is 0.867 bits per heavy atom. The van der Waals surface area contributed by atoms with E-state index in [9.17, 15) is 4.79 Å². The standard InChI is InChI=1S/C26H24N2O2/c1-16-12-13-22(18(3)14-16)27-25(29)21-15-20-9-5-6-11-24(20)30-26(21)28-23-10-7-8-17(2)19(23)4/h5-15H,1-4H3,(H,27,29). The van der Waals surface area contributed by atoms with E-state index in [-0.39, 0.29) is 5.91 Å². The van der Waals surface area contributed by atoms with Gasteiger partial charge in [0.15, 0.2) is 0 Å². The van der Waals surface area contributed by atoms with Crippen molar-refractivity contribution >= 4 is 28.3 Å². The van der Waals surface area contributed by atoms with Crippen molar-refractivity contribution in [2.24, 2.45) is 4.99 Å². The lowest BCUT2D eigenvalue weighted by atomic mass is 10.1. The summed E-state index contributed by atoms with van der Waals surface area (Å²) in [6, 6.07) is 21.3. The monoisotopic (exact) mass is 396 g/mol. The van der Waals surface area contributed by atoms with Crippen molar-refractivity contribution in [2.45, 2.75) is 27.7 Å². The lowest BCUT2D eigenvalue weighted by Crippen LogP contribution is -2.22. The van der Waals surface area contributed by atoms with Gasteiger partial charge in [-0.3, -0.25) is 4.79 Å². The van der Waals surface area contributed by atoms with Crippen LogP contribution in [0.3, 0.4) is 0 Å². The maximum atomic E-state index is 13.2. The van der Waals surface area contributed by atoms with Crippen molar-refractivity contribution in [3.8, 4) is 0 Å². The molecule has 0 spiro atoms. The SMILES string of the molecule is Cc1ccc(NC(=O)c2cc3ccccc3oc2=Nc2cccc(C)c2C)c(C)c1. The first-order chi connectivity index (χ1) is 14.4. The van der Waals surface area contributed by atoms with Crippen LogP contribution in [-0.4, -0.2) is 5.91 Å². The number of para-hydroxylation sites is 1. The molecule has 0 bridgehead atoms. The highest BCUT2D eigenvalue weighted by molar-refractivity contribution is 6.05. The van der Waals surface area contributed by atoms with Crippen LogP contribution in [-0.2, 0) is 0 Å². The van der Waals surface area contributed by atoms with Gasteiger partial charge in [0.25, 0.3) is 5.91 Å². The van der Waals surface area contributed by atoms with E-state index in [1.165, 1.54) is 0 Å². The summed E-state index contributed by atoms with van der Waals surface area (Å²) in [4.78, 5) is 18.0. The number of aryl methyl sites for hydroxylation is 3. The summed E-state index contributed by atoms with van der Waals surface area (Å²) in [5, 5.41) is 3.86. The third kappa shape index (κ3) is 3.90. The first kappa shape index (κ1) is 19.6. The molecule has 4 nitrogen and oxygen atoms in total. The number of hydrogen-bond acceptors (Lipinski definition) is 3. The van der Waals surface area contributed by atoms with Gasteiger partial charge in [-0.15, -0.1) is 0 Å². The summed E-state index contributed by atoms with van der Waals surface area (Å²) in [5.41, 5.74) is 7.29. The second kappa shape index (κ2) is 7.99. The van der Waals surface area contributed by atoms with Crippen LogP contribution in [0.15, 0.2) is 76.1 Å². The molecule has 0 unspecified atom stereocenters. The summed E-state index contributed by atoms with van der Waals surface area (Å²) in [6.07, 6.45) is 0. The lowest BCUT2D eigenvalue weighted by molar-refractivity contribution is 0.102. The molecule has 1 N–H and O–H groups in total. The highest BCUT2D eigenvalue weighted by Gasteiger charge is 2.14. The van der Waals surface area contributed by atoms with Crippen LogP contribution in [0.1, 0.15) is 32.6 Å². The predicted molar refractivity (Wildman–Crippen MR) is 121 cm³/mol. The van der Waals surface area contributed by atoms with E-state index in [2.05, 4.69) is 5.32 Å². The molecule has 0 fully saturated rings. The van der Waals surface area contributed by atoms with Gasteiger partial charge in [0, 0.05) is 11.1 Å². The van der Waals surface area contributed by atoms with Gasteiger partial charge in [0.1, 0.15) is 11.1 Å². The highest BCUT2D eigenvalue weighted by atomic mass is 16.3. The summed E-state index contributed by atoms with van der Waals surface area (Å²) < 4.78 is 6.07. The summed E-state index contributed by atoms with van der Waals surface area (Å²) >= 11 is 0. The molecule has 0 radical (unpaired) electrons. The number of hydrogen-bond donors (Lipinski definition) is 1. The van der Waals surface area contributed by atoms with Crippen molar-refractivity contribution in [1.29, 1.82) is 0 Å². The number of rotatable bonds is 3. The van der Waals surface area contributed by atoms with Gasteiger partial charge in [-0.25, -0.2) is 4.99 Å². The highest BCUT2D eigenvalue weighted by Crippen LogP contribution is 2.22. The molecule has 4 heteroatoms. The fourth-order valence-corrected chi connectivity index (χ4v) is 3.42. The van der Waals surface area contributed by atoms with Crippen LogP contribution in [0.5, 0.6) is 0 Å². The van der Waals surface area contributed by atoms with Gasteiger partial charge < -0.3 is 9.73 Å². The molecule has 0 aliphatic rings. The molecule has 0 saturated heterocycles. The Kier molecular flexibility index (Phi) is 5.23. The number of anilines is 1. The quantitative estimate of drug-likeness (QED) is 0.451. The Hall–Kier alpha value is -3.66. The molecule has 30 heavy (non-hydrogen) atoms. The van der Waals surface area contributed by atoms with Crippen molar-refractivity contribution in [2.75, 3.05) is 5.32 Å². The average molecular weight is 396 g/mol. The fraction of sp³-hybridized carbons (Fsp3) is 0.154. The van der Waals surface area contributed by atoms with E-state index >= 15 is 0 Å². The Balaban J connectivity index is 1.87. The molecule has 0 saturated carbocycles. The van der Waals surface area contributed by atoms with Gasteiger partial charge in [-0.05, 0) is 68.7 Å². The summed E-state index contributed by atoms with van der Waals surface area (Å²) in [7, 11) is 0. The minimum Gasteiger partial charge on any atom is -0.438 e. The minimum atomic E-state index is -0.250. The molecular formula is C26H24N2O2. The van der Waals surface area contributed by atoms with E-state index in [1.54, 1.807) is 0 Å². The van der Waals surface area contributed by atoms with Crippen molar-refractivity contribution in [3.63, 3.8) is 0 Å². The number of benzene rings is 3. The van der Waals surface area contributed by atoms with Crippen LogP contribution in [0.2, 0.25) is 0 Å². The number of amides is 1. The molecule has 4 rings (SSSR count). The van der Waals surface area contributed by atoms with Gasteiger partial charge in [0.2, 0.25) is 5.55 Å². The van der Waals surface area contributed by atoms with E-state index < -0.39 is 0 Å². The first-order valence-electron chi connectivity index (χ1n) is 9.95. The van der Waals surface area contributed by atoms with E-state index in [0.717, 1.165) is 39.0 Å². The Bertz CT molecular complexity index is 1330. The lowest BCUT2D eigenvalue weighted by Gasteiger charge is -2.10. The van der Waals surface area contributed by atoms with Crippen LogP contribution in [0.25, 0.3) is 11.0 Å². The molecule has 150 valence electrons. The smallest absolute Gasteiger partial charge is 0.261 e. The second-order valence-corrected chi connectivity index (χ2v) is 7.61. The molecule has 4 aromatic rings. The summed E-state index contributed by atoms with van der Waals surface area (Å²) in [6.45, 7) is 8.07. The number of nitrogens with one attached hydrogen (secondary N) is 1. The number of fused-ring (bicyclic) bond motifs is 1. The summed E-state index contributed by atoms with van der Waals surface area (Å²) in [5.74, 6) is -0.250. The van der Waals surface area contributed by atoms with E-state index in [1.807, 2.05) is 94.4 Å². The molecule has 3 aromatic carbocycles. The first-order valence-corrected chi connectivity index (χ1v) is 9.95. The van der Waals surface area contributed by atoms with Gasteiger partial charge >= 0.3 is 0 Å². The van der Waals surface area contributed by atoms with Crippen LogP contribution in [0, 0.1) is 27.7 Å². The number of carbonyl (C=O) groups excluding carboxylic acids is 1. The van der Waals surface area contributed by atoms with Crippen LogP contribution in [0.4, 0.5) is 11.4 Å². The molecule has 1 amide bonds. The Labute approximate surface area is 175 Å². The Morgan fingerprint density at radius 2 is 1.67 bits per heavy atom. The third-order valence-electron chi connectivity index (χ3n) is 5.33. The average Bonchev–Trinajstić information content (AvgIpc) is 2.73. The van der Waals surface area contributed by atoms with Crippen LogP contribution < -0.4 is 10.9 Å². The number of nitrogens with zero attached hydrogens (tertiary/aromatic N) is 1. The topological polar surface area (TPSA) is 54.6 Å². The minimum absolute atomic E-state index is 0.250. The molecule has 0 aliphatic carbocycles. The van der Waals surface area contributed by atoms with Crippen molar-refractivity contribution < 1.29 is 9.21 Å². The second-order valence-electron chi connectivity index (χ2n) is 7.61. The molecule has 0 aliphatic heterocycles. The normalized spacial score (nSPS) is 11.7. The van der Waals surface area contributed by atoms with Crippen molar-refractivity contribution in [1.82, 2.24) is 0 Å². The Morgan fingerprint density at radius 3 is 2.47 bits per heavy atom. The third-order valence-corrected chi connectivity index (χ3v) is 5.33. The number of carbonyl (C=O) groups is 1. The molecule has 1 aromatic heterocycles.